The number of benzene rings is 4. The van der Waals surface area contributed by atoms with E-state index in [0.29, 0.717) is 46.1 Å². The van der Waals surface area contributed by atoms with Crippen LogP contribution in [0.15, 0.2) is 110 Å². The Bertz CT molecular complexity index is 3770. The normalized spacial score (nSPS) is 16.5. The van der Waals surface area contributed by atoms with Gasteiger partial charge in [0.05, 0.1) is 25.2 Å². The average Bonchev–Trinajstić information content (AvgIpc) is 1.54. The van der Waals surface area contributed by atoms with E-state index in [2.05, 4.69) is 62.8 Å². The second kappa shape index (κ2) is 33.8. The molecule has 8 rings (SSSR count). The van der Waals surface area contributed by atoms with Gasteiger partial charge in [-0.3, -0.25) is 58.1 Å². The van der Waals surface area contributed by atoms with E-state index in [-0.39, 0.29) is 101 Å². The Morgan fingerprint density at radius 3 is 1.98 bits per heavy atom. The minimum Gasteiger partial charge on any atom is -0.508 e. The number of aliphatic hydroxyl groups is 1. The highest BCUT2D eigenvalue weighted by atomic mass is 16.3. The van der Waals surface area contributed by atoms with Crippen molar-refractivity contribution in [3.05, 3.63) is 132 Å². The van der Waals surface area contributed by atoms with Gasteiger partial charge in [0.25, 0.3) is 0 Å². The maximum absolute atomic E-state index is 15.1. The molecule has 4 heterocycles. The number of guanidine groups is 1. The van der Waals surface area contributed by atoms with Crippen LogP contribution in [0.5, 0.6) is 5.75 Å². The van der Waals surface area contributed by atoms with Crippen molar-refractivity contribution in [2.75, 3.05) is 26.2 Å². The van der Waals surface area contributed by atoms with Gasteiger partial charge in [-0.1, -0.05) is 86.6 Å². The third-order valence-electron chi connectivity index (χ3n) is 16.7. The van der Waals surface area contributed by atoms with E-state index >= 15 is 9.59 Å². The van der Waals surface area contributed by atoms with Crippen molar-refractivity contribution in [2.45, 2.75) is 139 Å². The number of aromatic amines is 2. The lowest BCUT2D eigenvalue weighted by atomic mass is 9.98. The number of nitrogens with one attached hydrogen (secondary N) is 12. The number of aromatic nitrogens is 3. The Morgan fingerprint density at radius 2 is 1.33 bits per heavy atom. The van der Waals surface area contributed by atoms with Gasteiger partial charge in [0.2, 0.25) is 65.5 Å². The standard InChI is InChI=1S/C66H83N17O13/c1-37(2)25-48(58(89)75-47(13-7-23-71-66(68)69)65(96)82-24-8-14-53(82)63(94)73-33-55(67)87)76-60(91)50(28-39-15-18-40-9-3-4-10-41(40)26-39)77-59(90)49(27-38-16-19-44(86)20-17-38)78-62(93)52(34-84)80-61(92)51(29-42-31-72-46-12-6-5-11-45(42)46)79-64(95)54(30-43-32-70-35-74-43)83(36-85)56-21-22-57(88)81-56/h3-6,9-12,15-20,26,31-32,35-37,47-54,56,72,84,86H,7-8,13-14,21-25,27-30,33-34H2,1-2H3,(H2,67,87)(H,70,74)(H,73,94)(H,75,89)(H,76,91)(H,77,90)(H,78,93)(H,79,95)(H,80,92)(H,81,88)(H4,68,69,71)/t47-,48-,49-,50-,51+,52-,53+,54+,56-/m1/s1. The Kier molecular flexibility index (Phi) is 25.0. The summed E-state index contributed by atoms with van der Waals surface area (Å²) in [6, 6.07) is 14.4. The van der Waals surface area contributed by atoms with Gasteiger partial charge in [-0.2, -0.15) is 0 Å². The molecule has 11 amide bonds. The number of para-hydroxylation sites is 1. The summed E-state index contributed by atoms with van der Waals surface area (Å²) < 4.78 is 0. The number of aromatic hydroxyl groups is 1. The van der Waals surface area contributed by atoms with Crippen LogP contribution < -0.4 is 59.3 Å². The average molecular weight is 1320 g/mol. The van der Waals surface area contributed by atoms with Crippen LogP contribution in [0.1, 0.15) is 81.2 Å². The number of hydrogen-bond acceptors (Lipinski definition) is 15. The summed E-state index contributed by atoms with van der Waals surface area (Å²) in [6.45, 7) is 2.39. The van der Waals surface area contributed by atoms with Crippen LogP contribution in [-0.4, -0.2) is 187 Å². The van der Waals surface area contributed by atoms with Crippen molar-refractivity contribution >= 4 is 93.1 Å². The van der Waals surface area contributed by atoms with Gasteiger partial charge in [0, 0.05) is 68.5 Å². The van der Waals surface area contributed by atoms with Crippen molar-refractivity contribution < 1.29 is 63.0 Å². The number of phenols is 1. The molecule has 30 heteroatoms. The second-order valence-electron chi connectivity index (χ2n) is 24.3. The number of amides is 11. The smallest absolute Gasteiger partial charge is 0.245 e. The quantitative estimate of drug-likeness (QED) is 0.00985. The minimum atomic E-state index is -1.81. The highest BCUT2D eigenvalue weighted by Gasteiger charge is 2.41. The van der Waals surface area contributed by atoms with Crippen molar-refractivity contribution in [1.29, 1.82) is 5.41 Å². The van der Waals surface area contributed by atoms with Gasteiger partial charge < -0.3 is 89.3 Å². The first-order chi connectivity index (χ1) is 46.1. The third kappa shape index (κ3) is 19.6. The Morgan fingerprint density at radius 1 is 0.719 bits per heavy atom. The van der Waals surface area contributed by atoms with E-state index in [1.54, 1.807) is 50.4 Å². The SMILES string of the molecule is CC(C)C[C@@H](NC(=O)[C@@H](Cc1ccc2ccccc2c1)NC(=O)[C@@H](Cc1ccc(O)cc1)NC(=O)[C@@H](CO)NC(=O)[C@H](Cc1c[nH]c2ccccc12)NC(=O)[C@H](Cc1c[nH]cn1)N(C=O)[C@@H]1CCC(=O)N1)C(=O)N[C@H](CCCNC(=N)N)C(=O)N1CCC[C@H]1C(=O)NCC(N)=O. The van der Waals surface area contributed by atoms with Crippen LogP contribution in [0.4, 0.5) is 0 Å². The predicted molar refractivity (Wildman–Crippen MR) is 351 cm³/mol. The molecule has 6 aromatic rings. The molecule has 510 valence electrons. The summed E-state index contributed by atoms with van der Waals surface area (Å²) in [5.41, 5.74) is 13.4. The molecule has 96 heavy (non-hydrogen) atoms. The first-order valence-electron chi connectivity index (χ1n) is 31.8. The molecule has 0 aliphatic carbocycles. The summed E-state index contributed by atoms with van der Waals surface area (Å²) in [7, 11) is 0. The Labute approximate surface area is 552 Å². The van der Waals surface area contributed by atoms with Crippen molar-refractivity contribution in [3.63, 3.8) is 0 Å². The molecule has 9 atom stereocenters. The molecule has 0 unspecified atom stereocenters. The number of hydrogen-bond donors (Lipinski definition) is 16. The number of carbonyl (C=O) groups excluding carboxylic acids is 11. The zero-order valence-corrected chi connectivity index (χ0v) is 53.2. The van der Waals surface area contributed by atoms with E-state index < -0.39 is 121 Å². The number of H-pyrrole nitrogens is 2. The van der Waals surface area contributed by atoms with Gasteiger partial charge in [-0.15, -0.1) is 0 Å². The lowest BCUT2D eigenvalue weighted by Crippen LogP contribution is -2.62. The molecule has 0 bridgehead atoms. The fraction of sp³-hybridized carbons (Fsp3) is 0.409. The second-order valence-corrected chi connectivity index (χ2v) is 24.3. The monoisotopic (exact) mass is 1320 g/mol. The van der Waals surface area contributed by atoms with Crippen LogP contribution in [0, 0.1) is 11.3 Å². The highest BCUT2D eigenvalue weighted by Crippen LogP contribution is 2.24. The lowest BCUT2D eigenvalue weighted by Gasteiger charge is -2.33. The van der Waals surface area contributed by atoms with Gasteiger partial charge in [-0.05, 0) is 90.1 Å². The van der Waals surface area contributed by atoms with Gasteiger partial charge in [0.15, 0.2) is 5.96 Å². The fourth-order valence-electron chi connectivity index (χ4n) is 11.8. The zero-order chi connectivity index (χ0) is 69.0. The molecule has 0 radical (unpaired) electrons. The molecular formula is C66H83N17O13. The molecule has 2 saturated heterocycles. The number of nitrogens with zero attached hydrogens (tertiary/aromatic N) is 3. The van der Waals surface area contributed by atoms with Crippen molar-refractivity contribution in [1.82, 2.24) is 72.6 Å². The first kappa shape index (κ1) is 70.9. The number of phenolic OH excluding ortho intramolecular Hbond substituents is 1. The van der Waals surface area contributed by atoms with Gasteiger partial charge >= 0.3 is 0 Å². The van der Waals surface area contributed by atoms with Crippen LogP contribution in [-0.2, 0) is 78.4 Å². The Hall–Kier alpha value is -10.9. The van der Waals surface area contributed by atoms with E-state index in [1.807, 2.05) is 36.4 Å². The molecule has 2 aliphatic rings. The number of aliphatic hydroxyl groups excluding tert-OH is 1. The summed E-state index contributed by atoms with van der Waals surface area (Å²) in [4.78, 5) is 166. The topological polar surface area (TPSA) is 463 Å². The third-order valence-corrected chi connectivity index (χ3v) is 16.7. The van der Waals surface area contributed by atoms with Gasteiger partial charge in [0.1, 0.15) is 60.3 Å². The molecule has 30 nitrogen and oxygen atoms in total. The van der Waals surface area contributed by atoms with E-state index in [0.717, 1.165) is 15.7 Å². The fourth-order valence-corrected chi connectivity index (χ4v) is 11.8. The molecular weight excluding hydrogens is 1240 g/mol. The number of primary amides is 1. The Balaban J connectivity index is 1.06. The zero-order valence-electron chi connectivity index (χ0n) is 53.2. The maximum atomic E-state index is 15.1. The summed E-state index contributed by atoms with van der Waals surface area (Å²) in [5.74, 6) is -8.52. The summed E-state index contributed by atoms with van der Waals surface area (Å²) in [6.07, 6.45) is 4.49. The number of fused-ring (bicyclic) bond motifs is 2. The number of rotatable bonds is 34. The largest absolute Gasteiger partial charge is 0.508 e. The molecule has 2 fully saturated rings. The highest BCUT2D eigenvalue weighted by molar-refractivity contribution is 5.99. The van der Waals surface area contributed by atoms with Crippen LogP contribution >= 0.6 is 0 Å². The molecule has 18 N–H and O–H groups in total. The van der Waals surface area contributed by atoms with Crippen LogP contribution in [0.2, 0.25) is 0 Å². The molecule has 2 aromatic heterocycles. The van der Waals surface area contributed by atoms with E-state index in [4.69, 9.17) is 16.9 Å². The van der Waals surface area contributed by atoms with E-state index in [1.165, 1.54) is 41.7 Å². The number of imidazole rings is 1. The molecule has 0 saturated carbocycles. The molecule has 4 aromatic carbocycles. The number of likely N-dealkylation sites (tertiary alicyclic amines) is 1. The first-order valence-corrected chi connectivity index (χ1v) is 31.8. The maximum Gasteiger partial charge on any atom is 0.245 e. The van der Waals surface area contributed by atoms with E-state index in [9.17, 15) is 53.4 Å². The van der Waals surface area contributed by atoms with Crippen molar-refractivity contribution in [2.24, 2.45) is 17.4 Å². The lowest BCUT2D eigenvalue weighted by molar-refractivity contribution is -0.142. The molecule has 0 spiro atoms. The summed E-state index contributed by atoms with van der Waals surface area (Å²) >= 11 is 0. The number of carbonyl (C=O) groups is 11. The predicted octanol–water partition coefficient (Wildman–Crippen LogP) is -1.11. The van der Waals surface area contributed by atoms with Crippen LogP contribution in [0.25, 0.3) is 21.7 Å². The van der Waals surface area contributed by atoms with Crippen molar-refractivity contribution in [3.8, 4) is 5.75 Å². The summed E-state index contributed by atoms with van der Waals surface area (Å²) in [5, 5.41) is 55.3. The minimum absolute atomic E-state index is 0.00463. The molecule has 2 aliphatic heterocycles. The number of nitrogens with two attached hydrogens (primary N) is 2. The van der Waals surface area contributed by atoms with Crippen LogP contribution in [0.3, 0.4) is 0 Å². The van der Waals surface area contributed by atoms with Gasteiger partial charge in [-0.25, -0.2) is 4.98 Å².